The highest BCUT2D eigenvalue weighted by Gasteiger charge is 2.44. The Morgan fingerprint density at radius 3 is 2.60 bits per heavy atom. The summed E-state index contributed by atoms with van der Waals surface area (Å²) in [7, 11) is 0. The molecule has 0 aromatic rings. The molecular formula is C8H12OS. The molecule has 1 nitrogen and oxygen atoms in total. The summed E-state index contributed by atoms with van der Waals surface area (Å²) in [4.78, 5) is 11.4. The summed E-state index contributed by atoms with van der Waals surface area (Å²) in [6, 6.07) is 0. The van der Waals surface area contributed by atoms with Crippen LogP contribution in [-0.4, -0.2) is 16.3 Å². The summed E-state index contributed by atoms with van der Waals surface area (Å²) >= 11 is 1.91. The van der Waals surface area contributed by atoms with E-state index in [4.69, 9.17) is 0 Å². The van der Waals surface area contributed by atoms with E-state index >= 15 is 0 Å². The average Bonchev–Trinajstić information content (AvgIpc) is 2.48. The van der Waals surface area contributed by atoms with Gasteiger partial charge in [-0.05, 0) is 31.4 Å². The standard InChI is InChI=1S/C8H12OS/c9-7-3-1-4-8(7)5-2-6-10-8/h1-6H2/t8-/m0/s1. The zero-order valence-corrected chi connectivity index (χ0v) is 6.88. The van der Waals surface area contributed by atoms with Gasteiger partial charge in [-0.25, -0.2) is 0 Å². The van der Waals surface area contributed by atoms with Crippen molar-refractivity contribution in [2.75, 3.05) is 5.75 Å². The smallest absolute Gasteiger partial charge is 0.148 e. The van der Waals surface area contributed by atoms with Crippen LogP contribution >= 0.6 is 11.8 Å². The monoisotopic (exact) mass is 156 g/mol. The zero-order chi connectivity index (χ0) is 7.03. The van der Waals surface area contributed by atoms with Gasteiger partial charge in [0.15, 0.2) is 0 Å². The summed E-state index contributed by atoms with van der Waals surface area (Å²) in [6.07, 6.45) is 5.59. The van der Waals surface area contributed by atoms with Gasteiger partial charge in [0.1, 0.15) is 5.78 Å². The van der Waals surface area contributed by atoms with Gasteiger partial charge < -0.3 is 0 Å². The lowest BCUT2D eigenvalue weighted by Gasteiger charge is -2.18. The van der Waals surface area contributed by atoms with Crippen molar-refractivity contribution >= 4 is 17.5 Å². The number of Topliss-reactive ketones (excluding diaryl/α,β-unsaturated/α-hetero) is 1. The van der Waals surface area contributed by atoms with E-state index in [1.807, 2.05) is 11.8 Å². The molecule has 1 saturated carbocycles. The highest BCUT2D eigenvalue weighted by atomic mass is 32.2. The largest absolute Gasteiger partial charge is 0.298 e. The van der Waals surface area contributed by atoms with Crippen LogP contribution in [0.4, 0.5) is 0 Å². The maximum Gasteiger partial charge on any atom is 0.148 e. The van der Waals surface area contributed by atoms with E-state index in [2.05, 4.69) is 0 Å². The number of ketones is 1. The summed E-state index contributed by atoms with van der Waals surface area (Å²) in [5.74, 6) is 1.75. The maximum absolute atomic E-state index is 11.4. The molecule has 2 heteroatoms. The summed E-state index contributed by atoms with van der Waals surface area (Å²) in [6.45, 7) is 0. The fraction of sp³-hybridized carbons (Fsp3) is 0.875. The lowest BCUT2D eigenvalue weighted by molar-refractivity contribution is -0.119. The van der Waals surface area contributed by atoms with Crippen LogP contribution in [0.2, 0.25) is 0 Å². The second-order valence-electron chi connectivity index (χ2n) is 3.22. The highest BCUT2D eigenvalue weighted by Crippen LogP contribution is 2.47. The molecule has 0 unspecified atom stereocenters. The van der Waals surface area contributed by atoms with E-state index in [9.17, 15) is 4.79 Å². The van der Waals surface area contributed by atoms with Crippen LogP contribution in [0, 0.1) is 0 Å². The van der Waals surface area contributed by atoms with E-state index in [0.717, 1.165) is 25.7 Å². The van der Waals surface area contributed by atoms with Crippen molar-refractivity contribution in [3.05, 3.63) is 0 Å². The zero-order valence-electron chi connectivity index (χ0n) is 6.06. The third-order valence-electron chi connectivity index (χ3n) is 2.60. The molecule has 0 aromatic carbocycles. The molecule has 10 heavy (non-hydrogen) atoms. The number of carbonyl (C=O) groups is 1. The Hall–Kier alpha value is 0.0200. The van der Waals surface area contributed by atoms with Gasteiger partial charge in [-0.3, -0.25) is 4.79 Å². The fourth-order valence-corrected chi connectivity index (χ4v) is 3.54. The maximum atomic E-state index is 11.4. The molecule has 0 radical (unpaired) electrons. The van der Waals surface area contributed by atoms with Gasteiger partial charge in [-0.1, -0.05) is 0 Å². The molecule has 1 heterocycles. The first kappa shape index (κ1) is 6.71. The lowest BCUT2D eigenvalue weighted by atomic mass is 10.0. The Kier molecular flexibility index (Phi) is 1.52. The van der Waals surface area contributed by atoms with E-state index in [1.165, 1.54) is 12.2 Å². The van der Waals surface area contributed by atoms with Gasteiger partial charge in [-0.2, -0.15) is 0 Å². The van der Waals surface area contributed by atoms with Crippen LogP contribution < -0.4 is 0 Å². The first-order chi connectivity index (χ1) is 4.83. The van der Waals surface area contributed by atoms with Crippen LogP contribution in [0.5, 0.6) is 0 Å². The summed E-state index contributed by atoms with van der Waals surface area (Å²) in [5.41, 5.74) is 0. The number of hydrogen-bond donors (Lipinski definition) is 0. The number of rotatable bonds is 0. The molecule has 2 fully saturated rings. The molecule has 1 spiro atoms. The van der Waals surface area contributed by atoms with Crippen molar-refractivity contribution in [3.63, 3.8) is 0 Å². The van der Waals surface area contributed by atoms with Crippen molar-refractivity contribution in [3.8, 4) is 0 Å². The summed E-state index contributed by atoms with van der Waals surface area (Å²) in [5, 5.41) is 0. The SMILES string of the molecule is O=C1CCC[C@]12CCCS2. The second kappa shape index (κ2) is 2.26. The highest BCUT2D eigenvalue weighted by molar-refractivity contribution is 8.01. The number of thioether (sulfide) groups is 1. The molecule has 1 saturated heterocycles. The molecule has 2 rings (SSSR count). The minimum atomic E-state index is 0.125. The fourth-order valence-electron chi connectivity index (χ4n) is 2.02. The van der Waals surface area contributed by atoms with Crippen molar-refractivity contribution in [2.45, 2.75) is 36.9 Å². The van der Waals surface area contributed by atoms with Crippen LogP contribution in [0.15, 0.2) is 0 Å². The Morgan fingerprint density at radius 2 is 2.10 bits per heavy atom. The molecule has 1 aliphatic heterocycles. The third-order valence-corrected chi connectivity index (χ3v) is 4.28. The molecule has 0 amide bonds. The van der Waals surface area contributed by atoms with Crippen LogP contribution in [-0.2, 0) is 4.79 Å². The van der Waals surface area contributed by atoms with Gasteiger partial charge in [0.25, 0.3) is 0 Å². The summed E-state index contributed by atoms with van der Waals surface area (Å²) < 4.78 is 0.125. The molecule has 0 aromatic heterocycles. The third kappa shape index (κ3) is 0.815. The van der Waals surface area contributed by atoms with Gasteiger partial charge in [-0.15, -0.1) is 11.8 Å². The first-order valence-electron chi connectivity index (χ1n) is 4.01. The first-order valence-corrected chi connectivity index (χ1v) is 4.99. The Bertz CT molecular complexity index is 153. The van der Waals surface area contributed by atoms with Crippen molar-refractivity contribution in [2.24, 2.45) is 0 Å². The van der Waals surface area contributed by atoms with Crippen molar-refractivity contribution in [1.82, 2.24) is 0 Å². The Morgan fingerprint density at radius 1 is 1.30 bits per heavy atom. The molecular weight excluding hydrogens is 144 g/mol. The molecule has 0 N–H and O–H groups in total. The average molecular weight is 156 g/mol. The molecule has 1 aliphatic carbocycles. The molecule has 56 valence electrons. The van der Waals surface area contributed by atoms with Crippen molar-refractivity contribution < 1.29 is 4.79 Å². The van der Waals surface area contributed by atoms with Crippen LogP contribution in [0.3, 0.4) is 0 Å². The van der Waals surface area contributed by atoms with Gasteiger partial charge >= 0.3 is 0 Å². The quantitative estimate of drug-likeness (QED) is 0.533. The van der Waals surface area contributed by atoms with E-state index < -0.39 is 0 Å². The molecule has 1 atom stereocenters. The van der Waals surface area contributed by atoms with E-state index in [0.29, 0.717) is 5.78 Å². The minimum absolute atomic E-state index is 0.125. The Labute approximate surface area is 65.6 Å². The normalized spacial score (nSPS) is 39.8. The topological polar surface area (TPSA) is 17.1 Å². The second-order valence-corrected chi connectivity index (χ2v) is 4.70. The van der Waals surface area contributed by atoms with Gasteiger partial charge in [0.2, 0.25) is 0 Å². The molecule has 0 bridgehead atoms. The van der Waals surface area contributed by atoms with Gasteiger partial charge in [0.05, 0.1) is 4.75 Å². The van der Waals surface area contributed by atoms with E-state index in [1.54, 1.807) is 0 Å². The van der Waals surface area contributed by atoms with E-state index in [-0.39, 0.29) is 4.75 Å². The van der Waals surface area contributed by atoms with Crippen LogP contribution in [0.25, 0.3) is 0 Å². The number of carbonyl (C=O) groups excluding carboxylic acids is 1. The van der Waals surface area contributed by atoms with Gasteiger partial charge in [0, 0.05) is 6.42 Å². The Balaban J connectivity index is 2.19. The predicted octanol–water partition coefficient (Wildman–Crippen LogP) is 2.01. The minimum Gasteiger partial charge on any atom is -0.298 e. The lowest BCUT2D eigenvalue weighted by Crippen LogP contribution is -2.25. The van der Waals surface area contributed by atoms with Crippen molar-refractivity contribution in [1.29, 1.82) is 0 Å². The number of hydrogen-bond acceptors (Lipinski definition) is 2. The predicted molar refractivity (Wildman–Crippen MR) is 43.3 cm³/mol. The molecule has 2 aliphatic rings. The van der Waals surface area contributed by atoms with Crippen LogP contribution in [0.1, 0.15) is 32.1 Å².